The molecule has 1 saturated heterocycles. The Labute approximate surface area is 136 Å². The first-order valence-corrected chi connectivity index (χ1v) is 8.19. The molecule has 0 aromatic carbocycles. The highest BCUT2D eigenvalue weighted by atomic mass is 16.2. The van der Waals surface area contributed by atoms with Crippen LogP contribution in [0.4, 0.5) is 0 Å². The van der Waals surface area contributed by atoms with Crippen LogP contribution in [-0.2, 0) is 11.2 Å². The number of aromatic nitrogens is 4. The molecule has 3 rings (SSSR count). The molecule has 2 aromatic heterocycles. The van der Waals surface area contributed by atoms with Crippen LogP contribution in [0.1, 0.15) is 47.8 Å². The molecule has 1 atom stereocenters. The fraction of sp³-hybridized carbons (Fsp3) is 0.529. The van der Waals surface area contributed by atoms with Crippen molar-refractivity contribution in [2.24, 2.45) is 0 Å². The zero-order chi connectivity index (χ0) is 16.2. The van der Waals surface area contributed by atoms with Gasteiger partial charge in [0.15, 0.2) is 0 Å². The Morgan fingerprint density at radius 2 is 2.30 bits per heavy atom. The molecule has 3 heterocycles. The summed E-state index contributed by atoms with van der Waals surface area (Å²) in [6.45, 7) is 5.66. The highest BCUT2D eigenvalue weighted by molar-refractivity contribution is 5.76. The summed E-state index contributed by atoms with van der Waals surface area (Å²) < 4.78 is 0. The van der Waals surface area contributed by atoms with E-state index in [4.69, 9.17) is 0 Å². The molecule has 0 aliphatic carbocycles. The number of aromatic amines is 1. The lowest BCUT2D eigenvalue weighted by atomic mass is 9.94. The summed E-state index contributed by atoms with van der Waals surface area (Å²) in [6, 6.07) is 1.95. The van der Waals surface area contributed by atoms with Gasteiger partial charge in [-0.25, -0.2) is 9.97 Å². The van der Waals surface area contributed by atoms with E-state index in [1.165, 1.54) is 0 Å². The van der Waals surface area contributed by atoms with Crippen LogP contribution < -0.4 is 0 Å². The van der Waals surface area contributed by atoms with Gasteiger partial charge in [-0.05, 0) is 38.3 Å². The van der Waals surface area contributed by atoms with Gasteiger partial charge >= 0.3 is 0 Å². The number of carbonyl (C=O) groups is 1. The molecule has 6 nitrogen and oxygen atoms in total. The van der Waals surface area contributed by atoms with Crippen LogP contribution in [0.5, 0.6) is 0 Å². The maximum atomic E-state index is 12.5. The van der Waals surface area contributed by atoms with Crippen LogP contribution in [-0.4, -0.2) is 44.1 Å². The summed E-state index contributed by atoms with van der Waals surface area (Å²) >= 11 is 0. The minimum absolute atomic E-state index is 0.212. The molecule has 0 bridgehead atoms. The summed E-state index contributed by atoms with van der Waals surface area (Å²) in [5.74, 6) is 0.536. The first-order chi connectivity index (χ1) is 11.1. The molecule has 1 aliphatic heterocycles. The van der Waals surface area contributed by atoms with E-state index in [9.17, 15) is 4.79 Å². The van der Waals surface area contributed by atoms with Crippen molar-refractivity contribution < 1.29 is 4.79 Å². The largest absolute Gasteiger partial charge is 0.342 e. The van der Waals surface area contributed by atoms with Gasteiger partial charge in [-0.1, -0.05) is 0 Å². The number of amides is 1. The monoisotopic (exact) mass is 313 g/mol. The number of rotatable bonds is 4. The van der Waals surface area contributed by atoms with Crippen LogP contribution in [0.25, 0.3) is 0 Å². The number of aryl methyl sites for hydroxylation is 2. The second-order valence-corrected chi connectivity index (χ2v) is 6.23. The molecule has 0 saturated carbocycles. The van der Waals surface area contributed by atoms with Crippen molar-refractivity contribution in [2.45, 2.75) is 45.4 Å². The third-order valence-corrected chi connectivity index (χ3v) is 4.73. The minimum atomic E-state index is 0.212. The quantitative estimate of drug-likeness (QED) is 0.938. The summed E-state index contributed by atoms with van der Waals surface area (Å²) in [6.07, 6.45) is 6.68. The topological polar surface area (TPSA) is 74.8 Å². The molecule has 23 heavy (non-hydrogen) atoms. The SMILES string of the molecule is Cc1[nH]nc(CCC(=O)N2CCCC(c3ccncn3)C2)c1C. The fourth-order valence-electron chi connectivity index (χ4n) is 3.15. The van der Waals surface area contributed by atoms with Crippen molar-refractivity contribution in [3.63, 3.8) is 0 Å². The van der Waals surface area contributed by atoms with Gasteiger partial charge in [-0.3, -0.25) is 9.89 Å². The zero-order valence-corrected chi connectivity index (χ0v) is 13.7. The Balaban J connectivity index is 1.58. The molecule has 1 unspecified atom stereocenters. The minimum Gasteiger partial charge on any atom is -0.342 e. The van der Waals surface area contributed by atoms with E-state index < -0.39 is 0 Å². The summed E-state index contributed by atoms with van der Waals surface area (Å²) in [7, 11) is 0. The Kier molecular flexibility index (Phi) is 4.69. The molecular formula is C17H23N5O. The predicted octanol–water partition coefficient (Wildman–Crippen LogP) is 2.16. The van der Waals surface area contributed by atoms with Crippen LogP contribution in [0, 0.1) is 13.8 Å². The molecule has 2 aromatic rings. The van der Waals surface area contributed by atoms with E-state index >= 15 is 0 Å². The van der Waals surface area contributed by atoms with Gasteiger partial charge in [-0.15, -0.1) is 0 Å². The molecule has 1 N–H and O–H groups in total. The molecule has 6 heteroatoms. The van der Waals surface area contributed by atoms with Crippen LogP contribution >= 0.6 is 0 Å². The highest BCUT2D eigenvalue weighted by Crippen LogP contribution is 2.25. The van der Waals surface area contributed by atoms with Gasteiger partial charge in [0, 0.05) is 49.4 Å². The number of nitrogens with one attached hydrogen (secondary N) is 1. The van der Waals surface area contributed by atoms with Crippen LogP contribution in [0.2, 0.25) is 0 Å². The molecule has 0 spiro atoms. The average Bonchev–Trinajstić information content (AvgIpc) is 2.92. The summed E-state index contributed by atoms with van der Waals surface area (Å²) in [5.41, 5.74) is 4.28. The fourth-order valence-corrected chi connectivity index (χ4v) is 3.15. The standard InChI is InChI=1S/C17H23N5O/c1-12-13(2)20-21-15(12)5-6-17(23)22-9-3-4-14(10-22)16-7-8-18-11-19-16/h7-8,11,14H,3-6,9-10H2,1-2H3,(H,20,21). The number of carbonyl (C=O) groups excluding carboxylic acids is 1. The van der Waals surface area contributed by atoms with E-state index in [0.29, 0.717) is 18.8 Å². The van der Waals surface area contributed by atoms with E-state index in [1.807, 2.05) is 24.8 Å². The molecule has 1 fully saturated rings. The number of likely N-dealkylation sites (tertiary alicyclic amines) is 1. The van der Waals surface area contributed by atoms with Gasteiger partial charge in [0.1, 0.15) is 6.33 Å². The van der Waals surface area contributed by atoms with E-state index in [2.05, 4.69) is 20.2 Å². The second-order valence-electron chi connectivity index (χ2n) is 6.23. The van der Waals surface area contributed by atoms with Crippen LogP contribution in [0.15, 0.2) is 18.6 Å². The van der Waals surface area contributed by atoms with Crippen molar-refractivity contribution in [3.8, 4) is 0 Å². The number of H-pyrrole nitrogens is 1. The van der Waals surface area contributed by atoms with E-state index in [1.54, 1.807) is 12.5 Å². The first-order valence-electron chi connectivity index (χ1n) is 8.19. The Morgan fingerprint density at radius 3 is 3.00 bits per heavy atom. The molecule has 1 aliphatic rings. The Hall–Kier alpha value is -2.24. The van der Waals surface area contributed by atoms with Gasteiger partial charge < -0.3 is 4.90 Å². The van der Waals surface area contributed by atoms with Crippen molar-refractivity contribution in [1.29, 1.82) is 0 Å². The summed E-state index contributed by atoms with van der Waals surface area (Å²) in [4.78, 5) is 22.8. The Bertz CT molecular complexity index is 667. The Morgan fingerprint density at radius 1 is 1.43 bits per heavy atom. The number of piperidine rings is 1. The maximum Gasteiger partial charge on any atom is 0.222 e. The second kappa shape index (κ2) is 6.89. The van der Waals surface area contributed by atoms with Crippen molar-refractivity contribution in [1.82, 2.24) is 25.1 Å². The lowest BCUT2D eigenvalue weighted by Gasteiger charge is -2.32. The maximum absolute atomic E-state index is 12.5. The smallest absolute Gasteiger partial charge is 0.222 e. The number of hydrogen-bond acceptors (Lipinski definition) is 4. The lowest BCUT2D eigenvalue weighted by molar-refractivity contribution is -0.132. The van der Waals surface area contributed by atoms with Crippen molar-refractivity contribution in [2.75, 3.05) is 13.1 Å². The number of nitrogens with zero attached hydrogens (tertiary/aromatic N) is 4. The average molecular weight is 313 g/mol. The lowest BCUT2D eigenvalue weighted by Crippen LogP contribution is -2.39. The van der Waals surface area contributed by atoms with Crippen molar-refractivity contribution >= 4 is 5.91 Å². The predicted molar refractivity (Wildman–Crippen MR) is 87.0 cm³/mol. The summed E-state index contributed by atoms with van der Waals surface area (Å²) in [5, 5.41) is 7.26. The molecule has 0 radical (unpaired) electrons. The first kappa shape index (κ1) is 15.6. The third kappa shape index (κ3) is 3.57. The normalized spacial score (nSPS) is 18.2. The van der Waals surface area contributed by atoms with Gasteiger partial charge in [-0.2, -0.15) is 5.10 Å². The van der Waals surface area contributed by atoms with Gasteiger partial charge in [0.05, 0.1) is 5.69 Å². The van der Waals surface area contributed by atoms with Crippen molar-refractivity contribution in [3.05, 3.63) is 41.2 Å². The number of hydrogen-bond donors (Lipinski definition) is 1. The highest BCUT2D eigenvalue weighted by Gasteiger charge is 2.25. The molecular weight excluding hydrogens is 290 g/mol. The van der Waals surface area contributed by atoms with Crippen LogP contribution in [0.3, 0.4) is 0 Å². The zero-order valence-electron chi connectivity index (χ0n) is 13.7. The van der Waals surface area contributed by atoms with E-state index in [0.717, 1.165) is 48.6 Å². The molecule has 1 amide bonds. The van der Waals surface area contributed by atoms with E-state index in [-0.39, 0.29) is 5.91 Å². The van der Waals surface area contributed by atoms with Gasteiger partial charge in [0.2, 0.25) is 5.91 Å². The third-order valence-electron chi connectivity index (χ3n) is 4.73. The van der Waals surface area contributed by atoms with Gasteiger partial charge in [0.25, 0.3) is 0 Å². The molecule has 122 valence electrons.